The molecule has 0 spiro atoms. The van der Waals surface area contributed by atoms with Gasteiger partial charge in [0.1, 0.15) is 5.69 Å². The first-order valence-corrected chi connectivity index (χ1v) is 8.25. The van der Waals surface area contributed by atoms with Gasteiger partial charge in [0.15, 0.2) is 11.5 Å². The second-order valence-electron chi connectivity index (χ2n) is 5.93. The summed E-state index contributed by atoms with van der Waals surface area (Å²) in [5.74, 6) is 1.19. The Hall–Kier alpha value is -2.76. The average molecular weight is 343 g/mol. The molecule has 134 valence electrons. The number of hydrogen-bond donors (Lipinski definition) is 2. The molecular weight excluding hydrogens is 318 g/mol. The molecule has 1 aromatic carbocycles. The third-order valence-electron chi connectivity index (χ3n) is 3.60. The summed E-state index contributed by atoms with van der Waals surface area (Å²) in [6.45, 7) is 4.62. The number of nitrogens with one attached hydrogen (secondary N) is 2. The third kappa shape index (κ3) is 5.38. The molecule has 6 nitrogen and oxygen atoms in total. The fraction of sp³-hybridized carbons (Fsp3) is 0.368. The molecule has 6 heteroatoms. The van der Waals surface area contributed by atoms with E-state index in [1.165, 1.54) is 0 Å². The molecule has 0 bridgehead atoms. The lowest BCUT2D eigenvalue weighted by atomic mass is 10.1. The number of rotatable bonds is 8. The number of carbonyl (C=O) groups is 1. The first-order chi connectivity index (χ1) is 12.0. The maximum absolute atomic E-state index is 12.2. The van der Waals surface area contributed by atoms with Crippen molar-refractivity contribution in [3.05, 3.63) is 47.8 Å². The van der Waals surface area contributed by atoms with Gasteiger partial charge in [-0.2, -0.15) is 0 Å². The minimum absolute atomic E-state index is 0.184. The quantitative estimate of drug-likeness (QED) is 0.771. The lowest BCUT2D eigenvalue weighted by Crippen LogP contribution is -2.26. The van der Waals surface area contributed by atoms with Crippen LogP contribution in [0.2, 0.25) is 0 Å². The molecule has 2 rings (SSSR count). The van der Waals surface area contributed by atoms with E-state index in [0.29, 0.717) is 36.2 Å². The molecule has 0 aliphatic carbocycles. The van der Waals surface area contributed by atoms with Crippen molar-refractivity contribution in [3.63, 3.8) is 0 Å². The van der Waals surface area contributed by atoms with Gasteiger partial charge in [0.25, 0.3) is 5.91 Å². The van der Waals surface area contributed by atoms with Crippen LogP contribution in [0.15, 0.2) is 36.5 Å². The summed E-state index contributed by atoms with van der Waals surface area (Å²) in [4.78, 5) is 16.3. The normalized spacial score (nSPS) is 10.4. The molecule has 0 fully saturated rings. The minimum atomic E-state index is -0.184. The van der Waals surface area contributed by atoms with Gasteiger partial charge >= 0.3 is 0 Å². The number of amides is 1. The van der Waals surface area contributed by atoms with Crippen molar-refractivity contribution < 1.29 is 14.3 Å². The lowest BCUT2D eigenvalue weighted by molar-refractivity contribution is 0.0949. The summed E-state index contributed by atoms with van der Waals surface area (Å²) in [5.41, 5.74) is 2.36. The summed E-state index contributed by atoms with van der Waals surface area (Å²) in [7, 11) is 3.21. The van der Waals surface area contributed by atoms with Gasteiger partial charge in [-0.15, -0.1) is 0 Å². The average Bonchev–Trinajstić information content (AvgIpc) is 2.61. The Bertz CT molecular complexity index is 700. The van der Waals surface area contributed by atoms with Crippen molar-refractivity contribution in [2.24, 2.45) is 0 Å². The molecule has 1 heterocycles. The van der Waals surface area contributed by atoms with E-state index in [1.54, 1.807) is 26.5 Å². The number of anilines is 1. The largest absolute Gasteiger partial charge is 0.493 e. The number of benzene rings is 1. The molecule has 0 aliphatic rings. The van der Waals surface area contributed by atoms with Gasteiger partial charge in [-0.3, -0.25) is 4.79 Å². The predicted octanol–water partition coefficient (Wildman–Crippen LogP) is 2.89. The molecular formula is C19H25N3O3. The van der Waals surface area contributed by atoms with Gasteiger partial charge in [0.2, 0.25) is 0 Å². The highest BCUT2D eigenvalue weighted by atomic mass is 16.5. The summed E-state index contributed by atoms with van der Waals surface area (Å²) in [6.07, 6.45) is 2.36. The van der Waals surface area contributed by atoms with E-state index in [1.807, 2.05) is 24.3 Å². The van der Waals surface area contributed by atoms with Crippen molar-refractivity contribution in [1.82, 2.24) is 10.3 Å². The van der Waals surface area contributed by atoms with Crippen LogP contribution in [-0.4, -0.2) is 37.7 Å². The van der Waals surface area contributed by atoms with Gasteiger partial charge in [0.05, 0.1) is 26.1 Å². The molecule has 1 aromatic heterocycles. The zero-order chi connectivity index (χ0) is 18.2. The summed E-state index contributed by atoms with van der Waals surface area (Å²) < 4.78 is 10.5. The van der Waals surface area contributed by atoms with E-state index < -0.39 is 0 Å². The molecule has 0 aliphatic heterocycles. The molecule has 1 amide bonds. The molecule has 0 unspecified atom stereocenters. The third-order valence-corrected chi connectivity index (χ3v) is 3.60. The minimum Gasteiger partial charge on any atom is -0.493 e. The van der Waals surface area contributed by atoms with E-state index in [-0.39, 0.29) is 5.91 Å². The van der Waals surface area contributed by atoms with E-state index >= 15 is 0 Å². The van der Waals surface area contributed by atoms with Crippen LogP contribution in [0.3, 0.4) is 0 Å². The Kier molecular flexibility index (Phi) is 6.62. The smallest absolute Gasteiger partial charge is 0.269 e. The monoisotopic (exact) mass is 343 g/mol. The van der Waals surface area contributed by atoms with Crippen LogP contribution in [0.25, 0.3) is 0 Å². The number of carbonyl (C=O) groups excluding carboxylic acids is 1. The SMILES string of the molecule is COc1ccc(CCNC(=O)c2ccc(NC(C)C)cn2)cc1OC. The topological polar surface area (TPSA) is 72.5 Å². The van der Waals surface area contributed by atoms with Crippen LogP contribution in [0.5, 0.6) is 11.5 Å². The Morgan fingerprint density at radius 2 is 1.88 bits per heavy atom. The maximum Gasteiger partial charge on any atom is 0.269 e. The number of methoxy groups -OCH3 is 2. The highest BCUT2D eigenvalue weighted by molar-refractivity contribution is 5.92. The van der Waals surface area contributed by atoms with Crippen molar-refractivity contribution >= 4 is 11.6 Å². The highest BCUT2D eigenvalue weighted by Gasteiger charge is 2.08. The van der Waals surface area contributed by atoms with Gasteiger partial charge in [-0.25, -0.2) is 4.98 Å². The second kappa shape index (κ2) is 8.92. The first-order valence-electron chi connectivity index (χ1n) is 8.25. The summed E-state index contributed by atoms with van der Waals surface area (Å²) in [5, 5.41) is 6.12. The van der Waals surface area contributed by atoms with Crippen LogP contribution in [0.4, 0.5) is 5.69 Å². The van der Waals surface area contributed by atoms with Crippen LogP contribution >= 0.6 is 0 Å². The Labute approximate surface area is 148 Å². The molecule has 2 N–H and O–H groups in total. The van der Waals surface area contributed by atoms with Gasteiger partial charge < -0.3 is 20.1 Å². The number of nitrogens with zero attached hydrogens (tertiary/aromatic N) is 1. The van der Waals surface area contributed by atoms with Crippen LogP contribution < -0.4 is 20.1 Å². The lowest BCUT2D eigenvalue weighted by Gasteiger charge is -2.11. The maximum atomic E-state index is 12.2. The number of hydrogen-bond acceptors (Lipinski definition) is 5. The van der Waals surface area contributed by atoms with E-state index in [0.717, 1.165) is 11.3 Å². The van der Waals surface area contributed by atoms with Gasteiger partial charge in [-0.1, -0.05) is 6.07 Å². The van der Waals surface area contributed by atoms with Crippen LogP contribution in [0, 0.1) is 0 Å². The van der Waals surface area contributed by atoms with Crippen LogP contribution in [0.1, 0.15) is 29.9 Å². The Morgan fingerprint density at radius 1 is 1.12 bits per heavy atom. The van der Waals surface area contributed by atoms with E-state index in [2.05, 4.69) is 29.5 Å². The standard InChI is InChI=1S/C19H25N3O3/c1-13(2)22-15-6-7-16(21-12-15)19(23)20-10-9-14-5-8-17(24-3)18(11-14)25-4/h5-8,11-13,22H,9-10H2,1-4H3,(H,20,23). The molecule has 2 aromatic rings. The zero-order valence-corrected chi connectivity index (χ0v) is 15.1. The zero-order valence-electron chi connectivity index (χ0n) is 15.1. The second-order valence-corrected chi connectivity index (χ2v) is 5.93. The fourth-order valence-corrected chi connectivity index (χ4v) is 2.39. The molecule has 0 atom stereocenters. The van der Waals surface area contributed by atoms with Crippen LogP contribution in [-0.2, 0) is 6.42 Å². The molecule has 25 heavy (non-hydrogen) atoms. The van der Waals surface area contributed by atoms with E-state index in [9.17, 15) is 4.79 Å². The van der Waals surface area contributed by atoms with Crippen molar-refractivity contribution in [2.45, 2.75) is 26.3 Å². The summed E-state index contributed by atoms with van der Waals surface area (Å²) >= 11 is 0. The fourth-order valence-electron chi connectivity index (χ4n) is 2.39. The molecule has 0 radical (unpaired) electrons. The van der Waals surface area contributed by atoms with Crippen molar-refractivity contribution in [2.75, 3.05) is 26.1 Å². The number of ether oxygens (including phenoxy) is 2. The molecule has 0 saturated heterocycles. The number of pyridine rings is 1. The van der Waals surface area contributed by atoms with Crippen molar-refractivity contribution in [1.29, 1.82) is 0 Å². The molecule has 0 saturated carbocycles. The highest BCUT2D eigenvalue weighted by Crippen LogP contribution is 2.27. The van der Waals surface area contributed by atoms with Gasteiger partial charge in [-0.05, 0) is 50.1 Å². The predicted molar refractivity (Wildman–Crippen MR) is 98.6 cm³/mol. The Morgan fingerprint density at radius 3 is 2.48 bits per heavy atom. The Balaban J connectivity index is 1.88. The van der Waals surface area contributed by atoms with Gasteiger partial charge in [0, 0.05) is 12.6 Å². The van der Waals surface area contributed by atoms with E-state index in [4.69, 9.17) is 9.47 Å². The summed E-state index contributed by atoms with van der Waals surface area (Å²) in [6, 6.07) is 9.63. The van der Waals surface area contributed by atoms with Crippen molar-refractivity contribution in [3.8, 4) is 11.5 Å². The number of aromatic nitrogens is 1. The first kappa shape index (κ1) is 18.6.